The summed E-state index contributed by atoms with van der Waals surface area (Å²) in [6.07, 6.45) is -0.320. The summed E-state index contributed by atoms with van der Waals surface area (Å²) in [7, 11) is 1.14. The van der Waals surface area contributed by atoms with Crippen LogP contribution in [0.5, 0.6) is 0 Å². The second kappa shape index (κ2) is 4.25. The lowest BCUT2D eigenvalue weighted by molar-refractivity contribution is -0.171. The fourth-order valence-electron chi connectivity index (χ4n) is 0.469. The highest BCUT2D eigenvalue weighted by atomic mass is 16.6. The summed E-state index contributed by atoms with van der Waals surface area (Å²) in [5.74, 6) is -1.90. The Labute approximate surface area is 78.2 Å². The van der Waals surface area contributed by atoms with Crippen molar-refractivity contribution >= 4 is 11.9 Å². The van der Waals surface area contributed by atoms with Gasteiger partial charge in [-0.05, 0) is 12.3 Å². The summed E-state index contributed by atoms with van der Waals surface area (Å²) in [6, 6.07) is 0. The molecule has 4 nitrogen and oxygen atoms in total. The normalized spacial score (nSPS) is 13.3. The second-order valence-corrected chi connectivity index (χ2v) is 3.91. The Bertz CT molecular complexity index is 202. The van der Waals surface area contributed by atoms with Gasteiger partial charge in [-0.1, -0.05) is 20.8 Å². The van der Waals surface area contributed by atoms with E-state index >= 15 is 0 Å². The number of rotatable bonds is 1. The van der Waals surface area contributed by atoms with Gasteiger partial charge in [0.2, 0.25) is 0 Å². The first-order valence-corrected chi connectivity index (χ1v) is 4.08. The fraction of sp³-hybridized carbons (Fsp3) is 0.778. The van der Waals surface area contributed by atoms with Crippen molar-refractivity contribution in [1.82, 2.24) is 0 Å². The number of carbonyl (C=O) groups is 2. The molecule has 4 heteroatoms. The predicted molar refractivity (Wildman–Crippen MR) is 47.0 cm³/mol. The molecule has 0 fully saturated rings. The first kappa shape index (κ1) is 11.9. The Morgan fingerprint density at radius 3 is 1.92 bits per heavy atom. The minimum atomic E-state index is -0.962. The van der Waals surface area contributed by atoms with E-state index in [2.05, 4.69) is 4.74 Å². The summed E-state index contributed by atoms with van der Waals surface area (Å²) in [6.45, 7) is 7.49. The van der Waals surface area contributed by atoms with Gasteiger partial charge in [0.05, 0.1) is 7.11 Å². The zero-order valence-corrected chi connectivity index (χ0v) is 8.71. The van der Waals surface area contributed by atoms with Crippen molar-refractivity contribution in [3.63, 3.8) is 0 Å². The molecular formula is C9H16O4. The van der Waals surface area contributed by atoms with E-state index < -0.39 is 11.9 Å². The molecule has 0 spiro atoms. The number of esters is 2. The number of methoxy groups -OCH3 is 1. The van der Waals surface area contributed by atoms with Crippen LogP contribution in [-0.2, 0) is 19.1 Å². The number of hydrogen-bond donors (Lipinski definition) is 0. The van der Waals surface area contributed by atoms with Gasteiger partial charge in [0.25, 0.3) is 0 Å². The number of hydrogen-bond acceptors (Lipinski definition) is 4. The van der Waals surface area contributed by atoms with Crippen LogP contribution in [0.15, 0.2) is 0 Å². The third-order valence-electron chi connectivity index (χ3n) is 1.86. The SMILES string of the molecule is COC(=O)C(=O)O[C@H](C)C(C)(C)C. The molecule has 0 saturated heterocycles. The van der Waals surface area contributed by atoms with Crippen molar-refractivity contribution in [3.8, 4) is 0 Å². The molecule has 0 aliphatic heterocycles. The van der Waals surface area contributed by atoms with Crippen molar-refractivity contribution in [3.05, 3.63) is 0 Å². The highest BCUT2D eigenvalue weighted by molar-refractivity contribution is 6.29. The van der Waals surface area contributed by atoms with Gasteiger partial charge in [-0.3, -0.25) is 0 Å². The van der Waals surface area contributed by atoms with Crippen LogP contribution < -0.4 is 0 Å². The van der Waals surface area contributed by atoms with Gasteiger partial charge in [-0.2, -0.15) is 0 Å². The average Bonchev–Trinajstić information content (AvgIpc) is 2.01. The Morgan fingerprint density at radius 1 is 1.15 bits per heavy atom. The third kappa shape index (κ3) is 3.92. The van der Waals surface area contributed by atoms with Crippen molar-refractivity contribution < 1.29 is 19.1 Å². The lowest BCUT2D eigenvalue weighted by atomic mass is 9.90. The van der Waals surface area contributed by atoms with Crippen LogP contribution in [0.1, 0.15) is 27.7 Å². The summed E-state index contributed by atoms with van der Waals surface area (Å²) < 4.78 is 9.07. The van der Waals surface area contributed by atoms with Gasteiger partial charge in [0, 0.05) is 0 Å². The average molecular weight is 188 g/mol. The first-order valence-electron chi connectivity index (χ1n) is 4.08. The fourth-order valence-corrected chi connectivity index (χ4v) is 0.469. The highest BCUT2D eigenvalue weighted by Gasteiger charge is 2.27. The van der Waals surface area contributed by atoms with Crippen molar-refractivity contribution in [2.75, 3.05) is 7.11 Å². The zero-order valence-electron chi connectivity index (χ0n) is 8.71. The van der Waals surface area contributed by atoms with E-state index in [1.54, 1.807) is 6.92 Å². The van der Waals surface area contributed by atoms with E-state index in [9.17, 15) is 9.59 Å². The lowest BCUT2D eigenvalue weighted by Crippen LogP contribution is -2.32. The topological polar surface area (TPSA) is 52.6 Å². The van der Waals surface area contributed by atoms with Crippen LogP contribution in [0.4, 0.5) is 0 Å². The molecule has 0 unspecified atom stereocenters. The van der Waals surface area contributed by atoms with Crippen LogP contribution in [0.3, 0.4) is 0 Å². The van der Waals surface area contributed by atoms with Gasteiger partial charge < -0.3 is 9.47 Å². The predicted octanol–water partition coefficient (Wildman–Crippen LogP) is 1.14. The van der Waals surface area contributed by atoms with Crippen LogP contribution in [0.25, 0.3) is 0 Å². The summed E-state index contributed by atoms with van der Waals surface area (Å²) in [4.78, 5) is 21.6. The summed E-state index contributed by atoms with van der Waals surface area (Å²) >= 11 is 0. The minimum absolute atomic E-state index is 0.177. The molecule has 0 aliphatic rings. The van der Waals surface area contributed by atoms with Gasteiger partial charge in [0.1, 0.15) is 6.10 Å². The summed E-state index contributed by atoms with van der Waals surface area (Å²) in [5.41, 5.74) is -0.177. The Kier molecular flexibility index (Phi) is 3.91. The zero-order chi connectivity index (χ0) is 10.6. The maximum Gasteiger partial charge on any atom is 0.417 e. The lowest BCUT2D eigenvalue weighted by Gasteiger charge is -2.26. The molecule has 0 bridgehead atoms. The van der Waals surface area contributed by atoms with E-state index in [0.717, 1.165) is 7.11 Å². The molecule has 0 saturated carbocycles. The highest BCUT2D eigenvalue weighted by Crippen LogP contribution is 2.21. The van der Waals surface area contributed by atoms with Crippen LogP contribution in [-0.4, -0.2) is 25.2 Å². The van der Waals surface area contributed by atoms with E-state index in [0.29, 0.717) is 0 Å². The molecule has 0 aromatic carbocycles. The second-order valence-electron chi connectivity index (χ2n) is 3.91. The Hall–Kier alpha value is -1.06. The maximum atomic E-state index is 10.9. The molecular weight excluding hydrogens is 172 g/mol. The molecule has 0 aliphatic carbocycles. The molecule has 0 aromatic rings. The Balaban J connectivity index is 4.15. The van der Waals surface area contributed by atoms with Crippen molar-refractivity contribution in [1.29, 1.82) is 0 Å². The number of ether oxygens (including phenoxy) is 2. The molecule has 0 amide bonds. The van der Waals surface area contributed by atoms with Crippen LogP contribution in [0, 0.1) is 5.41 Å². The molecule has 0 N–H and O–H groups in total. The van der Waals surface area contributed by atoms with Gasteiger partial charge >= 0.3 is 11.9 Å². The molecule has 0 rings (SSSR count). The van der Waals surface area contributed by atoms with Gasteiger partial charge in [-0.15, -0.1) is 0 Å². The molecule has 0 radical (unpaired) electrons. The molecule has 0 heterocycles. The quantitative estimate of drug-likeness (QED) is 0.457. The van der Waals surface area contributed by atoms with E-state index in [4.69, 9.17) is 4.74 Å². The minimum Gasteiger partial charge on any atom is -0.461 e. The van der Waals surface area contributed by atoms with Crippen molar-refractivity contribution in [2.24, 2.45) is 5.41 Å². The molecule has 13 heavy (non-hydrogen) atoms. The molecule has 76 valence electrons. The van der Waals surface area contributed by atoms with E-state index in [-0.39, 0.29) is 11.5 Å². The van der Waals surface area contributed by atoms with Crippen molar-refractivity contribution in [2.45, 2.75) is 33.8 Å². The van der Waals surface area contributed by atoms with Crippen LogP contribution in [0.2, 0.25) is 0 Å². The van der Waals surface area contributed by atoms with E-state index in [1.807, 2.05) is 20.8 Å². The smallest absolute Gasteiger partial charge is 0.417 e. The maximum absolute atomic E-state index is 10.9. The van der Waals surface area contributed by atoms with Gasteiger partial charge in [0.15, 0.2) is 0 Å². The number of carbonyl (C=O) groups excluding carboxylic acids is 2. The monoisotopic (exact) mass is 188 g/mol. The largest absolute Gasteiger partial charge is 0.461 e. The van der Waals surface area contributed by atoms with Crippen LogP contribution >= 0.6 is 0 Å². The third-order valence-corrected chi connectivity index (χ3v) is 1.86. The summed E-state index contributed by atoms with van der Waals surface area (Å²) in [5, 5.41) is 0. The molecule has 0 aromatic heterocycles. The van der Waals surface area contributed by atoms with Gasteiger partial charge in [-0.25, -0.2) is 9.59 Å². The first-order chi connectivity index (χ1) is 5.79. The molecule has 1 atom stereocenters. The standard InChI is InChI=1S/C9H16O4/c1-6(9(2,3)4)13-8(11)7(10)12-5/h6H,1-5H3/t6-/m1/s1. The van der Waals surface area contributed by atoms with E-state index in [1.165, 1.54) is 0 Å². The Morgan fingerprint density at radius 2 is 1.62 bits per heavy atom.